The second-order valence-electron chi connectivity index (χ2n) is 5.37. The molecule has 2 rings (SSSR count). The Balaban J connectivity index is 1.98. The van der Waals surface area contributed by atoms with Crippen LogP contribution in [0.5, 0.6) is 0 Å². The van der Waals surface area contributed by atoms with Crippen LogP contribution in [0.3, 0.4) is 0 Å². The SMILES string of the molecule is Cc1nn(CC(C)C(=O)NN=Cc2ccncc2)c(C)c1[N+](=O)[O-]. The van der Waals surface area contributed by atoms with E-state index in [1.165, 1.54) is 10.9 Å². The van der Waals surface area contributed by atoms with Crippen LogP contribution in [0.25, 0.3) is 0 Å². The van der Waals surface area contributed by atoms with Gasteiger partial charge >= 0.3 is 5.69 Å². The Bertz CT molecular complexity index is 769. The number of hydrogen-bond acceptors (Lipinski definition) is 6. The van der Waals surface area contributed by atoms with Crippen molar-refractivity contribution in [3.05, 3.63) is 51.6 Å². The minimum absolute atomic E-state index is 0.0154. The Morgan fingerprint density at radius 2 is 2.12 bits per heavy atom. The second-order valence-corrected chi connectivity index (χ2v) is 5.37. The van der Waals surface area contributed by atoms with E-state index < -0.39 is 10.8 Å². The number of rotatable bonds is 6. The highest BCUT2D eigenvalue weighted by atomic mass is 16.6. The van der Waals surface area contributed by atoms with Crippen molar-refractivity contribution in [2.75, 3.05) is 0 Å². The first kappa shape index (κ1) is 17.3. The topological polar surface area (TPSA) is 115 Å². The molecule has 0 saturated heterocycles. The Morgan fingerprint density at radius 1 is 1.46 bits per heavy atom. The molecule has 0 aliphatic heterocycles. The predicted molar refractivity (Wildman–Crippen MR) is 87.5 cm³/mol. The number of carbonyl (C=O) groups excluding carboxylic acids is 1. The quantitative estimate of drug-likeness (QED) is 0.490. The summed E-state index contributed by atoms with van der Waals surface area (Å²) in [6.07, 6.45) is 4.77. The molecule has 126 valence electrons. The molecule has 0 bridgehead atoms. The van der Waals surface area contributed by atoms with Crippen molar-refractivity contribution in [3.8, 4) is 0 Å². The van der Waals surface area contributed by atoms with Gasteiger partial charge in [0.15, 0.2) is 0 Å². The summed E-state index contributed by atoms with van der Waals surface area (Å²) in [4.78, 5) is 26.5. The fraction of sp³-hybridized carbons (Fsp3) is 0.333. The average Bonchev–Trinajstić information content (AvgIpc) is 2.82. The molecule has 0 radical (unpaired) electrons. The normalized spacial score (nSPS) is 12.3. The van der Waals surface area contributed by atoms with Crippen molar-refractivity contribution in [3.63, 3.8) is 0 Å². The Labute approximate surface area is 138 Å². The van der Waals surface area contributed by atoms with Crippen molar-refractivity contribution in [1.82, 2.24) is 20.2 Å². The molecule has 9 nitrogen and oxygen atoms in total. The summed E-state index contributed by atoms with van der Waals surface area (Å²) in [7, 11) is 0. The third-order valence-corrected chi connectivity index (χ3v) is 3.51. The van der Waals surface area contributed by atoms with Crippen LogP contribution in [0.4, 0.5) is 5.69 Å². The molecule has 24 heavy (non-hydrogen) atoms. The van der Waals surface area contributed by atoms with E-state index in [1.807, 2.05) is 0 Å². The lowest BCUT2D eigenvalue weighted by Crippen LogP contribution is -2.28. The zero-order valence-electron chi connectivity index (χ0n) is 13.6. The number of aromatic nitrogens is 3. The molecule has 0 saturated carbocycles. The second kappa shape index (κ2) is 7.44. The fourth-order valence-corrected chi connectivity index (χ4v) is 2.20. The third-order valence-electron chi connectivity index (χ3n) is 3.51. The van der Waals surface area contributed by atoms with Gasteiger partial charge in [-0.25, -0.2) is 5.43 Å². The van der Waals surface area contributed by atoms with Crippen LogP contribution in [0.1, 0.15) is 23.9 Å². The van der Waals surface area contributed by atoms with Gasteiger partial charge in [0.1, 0.15) is 11.4 Å². The number of nitrogens with one attached hydrogen (secondary N) is 1. The minimum Gasteiger partial charge on any atom is -0.273 e. The van der Waals surface area contributed by atoms with Crippen LogP contribution < -0.4 is 5.43 Å². The molecule has 2 aromatic rings. The summed E-state index contributed by atoms with van der Waals surface area (Å²) >= 11 is 0. The van der Waals surface area contributed by atoms with Gasteiger partial charge in [-0.15, -0.1) is 0 Å². The Morgan fingerprint density at radius 3 is 2.71 bits per heavy atom. The molecule has 9 heteroatoms. The van der Waals surface area contributed by atoms with Gasteiger partial charge in [0.05, 0.1) is 23.6 Å². The Kier molecular flexibility index (Phi) is 5.35. The Hall–Kier alpha value is -3.10. The molecular formula is C15H18N6O3. The predicted octanol–water partition coefficient (Wildman–Crippen LogP) is 1.59. The molecule has 1 unspecified atom stereocenters. The van der Waals surface area contributed by atoms with Crippen LogP contribution >= 0.6 is 0 Å². The number of carbonyl (C=O) groups is 1. The maximum Gasteiger partial charge on any atom is 0.312 e. The highest BCUT2D eigenvalue weighted by Gasteiger charge is 2.23. The van der Waals surface area contributed by atoms with E-state index in [2.05, 4.69) is 20.6 Å². The van der Waals surface area contributed by atoms with E-state index in [-0.39, 0.29) is 18.1 Å². The largest absolute Gasteiger partial charge is 0.312 e. The molecular weight excluding hydrogens is 312 g/mol. The van der Waals surface area contributed by atoms with Crippen LogP contribution in [0, 0.1) is 29.9 Å². The number of hydrogen-bond donors (Lipinski definition) is 1. The van der Waals surface area contributed by atoms with Crippen LogP contribution in [-0.2, 0) is 11.3 Å². The van der Waals surface area contributed by atoms with E-state index in [1.54, 1.807) is 45.3 Å². The lowest BCUT2D eigenvalue weighted by atomic mass is 10.1. The number of nitrogens with zero attached hydrogens (tertiary/aromatic N) is 5. The van der Waals surface area contributed by atoms with Crippen molar-refractivity contribution in [2.45, 2.75) is 27.3 Å². The number of amides is 1. The van der Waals surface area contributed by atoms with Crippen LogP contribution in [0.2, 0.25) is 0 Å². The van der Waals surface area contributed by atoms with Gasteiger partial charge in [-0.05, 0) is 31.5 Å². The monoisotopic (exact) mass is 330 g/mol. The van der Waals surface area contributed by atoms with E-state index in [9.17, 15) is 14.9 Å². The van der Waals surface area contributed by atoms with Gasteiger partial charge in [0, 0.05) is 12.4 Å². The van der Waals surface area contributed by atoms with Gasteiger partial charge in [-0.3, -0.25) is 24.6 Å². The zero-order chi connectivity index (χ0) is 17.7. The van der Waals surface area contributed by atoms with Crippen molar-refractivity contribution >= 4 is 17.8 Å². The molecule has 1 N–H and O–H groups in total. The van der Waals surface area contributed by atoms with E-state index in [4.69, 9.17) is 0 Å². The van der Waals surface area contributed by atoms with Gasteiger partial charge in [0.25, 0.3) is 0 Å². The van der Waals surface area contributed by atoms with Crippen molar-refractivity contribution < 1.29 is 9.72 Å². The summed E-state index contributed by atoms with van der Waals surface area (Å²) in [6.45, 7) is 5.13. The standard InChI is InChI=1S/C15H18N6O3/c1-10(9-20-12(3)14(21(23)24)11(2)19-20)15(22)18-17-8-13-4-6-16-7-5-13/h4-8,10H,9H2,1-3H3,(H,18,22). The van der Waals surface area contributed by atoms with Gasteiger partial charge < -0.3 is 0 Å². The summed E-state index contributed by atoms with van der Waals surface area (Å²) in [5.74, 6) is -0.743. The van der Waals surface area contributed by atoms with Gasteiger partial charge in [0.2, 0.25) is 5.91 Å². The van der Waals surface area contributed by atoms with Crippen molar-refractivity contribution in [2.24, 2.45) is 11.0 Å². The summed E-state index contributed by atoms with van der Waals surface area (Å²) in [5.41, 5.74) is 4.01. The third kappa shape index (κ3) is 4.00. The smallest absolute Gasteiger partial charge is 0.273 e. The average molecular weight is 330 g/mol. The van der Waals surface area contributed by atoms with Gasteiger partial charge in [-0.2, -0.15) is 10.2 Å². The number of pyridine rings is 1. The first-order valence-electron chi connectivity index (χ1n) is 7.31. The summed E-state index contributed by atoms with van der Waals surface area (Å²) in [6, 6.07) is 3.52. The van der Waals surface area contributed by atoms with E-state index in [0.717, 1.165) is 5.56 Å². The van der Waals surface area contributed by atoms with E-state index in [0.29, 0.717) is 11.4 Å². The number of aryl methyl sites for hydroxylation is 1. The zero-order valence-corrected chi connectivity index (χ0v) is 13.6. The fourth-order valence-electron chi connectivity index (χ4n) is 2.20. The number of hydrazone groups is 1. The minimum atomic E-state index is -0.460. The molecule has 0 aliphatic rings. The molecule has 0 fully saturated rings. The lowest BCUT2D eigenvalue weighted by Gasteiger charge is -2.10. The summed E-state index contributed by atoms with van der Waals surface area (Å²) in [5, 5.41) is 19.0. The first-order chi connectivity index (χ1) is 11.4. The van der Waals surface area contributed by atoms with Crippen LogP contribution in [-0.4, -0.2) is 31.8 Å². The first-order valence-corrected chi connectivity index (χ1v) is 7.31. The highest BCUT2D eigenvalue weighted by Crippen LogP contribution is 2.22. The molecule has 2 heterocycles. The molecule has 0 aromatic carbocycles. The highest BCUT2D eigenvalue weighted by molar-refractivity contribution is 5.82. The van der Waals surface area contributed by atoms with Crippen molar-refractivity contribution in [1.29, 1.82) is 0 Å². The number of nitro groups is 1. The summed E-state index contributed by atoms with van der Waals surface area (Å²) < 4.78 is 1.48. The maximum absolute atomic E-state index is 12.1. The molecule has 1 atom stereocenters. The molecule has 0 spiro atoms. The maximum atomic E-state index is 12.1. The van der Waals surface area contributed by atoms with Crippen LogP contribution in [0.15, 0.2) is 29.6 Å². The van der Waals surface area contributed by atoms with E-state index >= 15 is 0 Å². The molecule has 1 amide bonds. The molecule has 0 aliphatic carbocycles. The van der Waals surface area contributed by atoms with Gasteiger partial charge in [-0.1, -0.05) is 6.92 Å². The molecule has 2 aromatic heterocycles. The lowest BCUT2D eigenvalue weighted by molar-refractivity contribution is -0.386.